The van der Waals surface area contributed by atoms with Crippen molar-refractivity contribution >= 4 is 11.8 Å². The van der Waals surface area contributed by atoms with Gasteiger partial charge in [0.15, 0.2) is 0 Å². The fourth-order valence-corrected chi connectivity index (χ4v) is 4.53. The normalized spacial score (nSPS) is 16.1. The molecule has 1 atom stereocenters. The lowest BCUT2D eigenvalue weighted by Crippen LogP contribution is -2.39. The maximum atomic E-state index is 13.6. The van der Waals surface area contributed by atoms with Gasteiger partial charge in [-0.3, -0.25) is 4.79 Å². The van der Waals surface area contributed by atoms with Crippen LogP contribution in [-0.4, -0.2) is 60.6 Å². The number of hydrogen-bond acceptors (Lipinski definition) is 5. The summed E-state index contributed by atoms with van der Waals surface area (Å²) in [5, 5.41) is 4.52. The predicted octanol–water partition coefficient (Wildman–Crippen LogP) is 5.23. The van der Waals surface area contributed by atoms with Gasteiger partial charge in [-0.05, 0) is 59.3 Å². The van der Waals surface area contributed by atoms with Crippen molar-refractivity contribution in [2.24, 2.45) is 0 Å². The third-order valence-electron chi connectivity index (χ3n) is 6.63. The van der Waals surface area contributed by atoms with E-state index in [-0.39, 0.29) is 5.91 Å². The van der Waals surface area contributed by atoms with Crippen LogP contribution in [0.3, 0.4) is 0 Å². The molecular formula is C28H36N4O2. The Kier molecular flexibility index (Phi) is 7.68. The van der Waals surface area contributed by atoms with Crippen molar-refractivity contribution in [2.75, 3.05) is 38.6 Å². The minimum Gasteiger partial charge on any atom is -0.338 e. The first-order chi connectivity index (χ1) is 16.4. The molecule has 0 radical (unpaired) electrons. The Morgan fingerprint density at radius 3 is 2.47 bits per heavy atom. The maximum absolute atomic E-state index is 13.6. The van der Waals surface area contributed by atoms with Crippen LogP contribution in [0.1, 0.15) is 47.7 Å². The number of nitrogens with zero attached hydrogens (tertiary/aromatic N) is 4. The zero-order valence-corrected chi connectivity index (χ0v) is 20.8. The number of piperidine rings is 1. The average Bonchev–Trinajstić information content (AvgIpc) is 3.25. The van der Waals surface area contributed by atoms with Crippen LogP contribution in [-0.2, 0) is 6.54 Å². The molecule has 1 fully saturated rings. The van der Waals surface area contributed by atoms with E-state index < -0.39 is 0 Å². The highest BCUT2D eigenvalue weighted by atomic mass is 16.5. The van der Waals surface area contributed by atoms with Gasteiger partial charge in [0.2, 0.25) is 5.88 Å². The van der Waals surface area contributed by atoms with Gasteiger partial charge >= 0.3 is 0 Å². The van der Waals surface area contributed by atoms with E-state index in [9.17, 15) is 4.79 Å². The number of anilines is 1. The van der Waals surface area contributed by atoms with Gasteiger partial charge in [-0.2, -0.15) is 0 Å². The van der Waals surface area contributed by atoms with Gasteiger partial charge in [0.1, 0.15) is 5.69 Å². The Balaban J connectivity index is 1.73. The second-order valence-corrected chi connectivity index (χ2v) is 9.62. The molecule has 0 N–H and O–H groups in total. The monoisotopic (exact) mass is 460 g/mol. The van der Waals surface area contributed by atoms with E-state index in [4.69, 9.17) is 4.52 Å². The molecule has 34 heavy (non-hydrogen) atoms. The molecule has 180 valence electrons. The second kappa shape index (κ2) is 10.9. The minimum absolute atomic E-state index is 0.0275. The number of aryl methyl sites for hydroxylation is 1. The number of amides is 1. The Labute approximate surface area is 203 Å². The number of aromatic nitrogens is 1. The predicted molar refractivity (Wildman–Crippen MR) is 137 cm³/mol. The zero-order valence-electron chi connectivity index (χ0n) is 20.8. The number of carbonyl (C=O) groups excluding carboxylic acids is 1. The summed E-state index contributed by atoms with van der Waals surface area (Å²) in [6, 6.07) is 18.3. The van der Waals surface area contributed by atoms with E-state index in [0.717, 1.165) is 54.2 Å². The Hall–Kier alpha value is -3.12. The Morgan fingerprint density at radius 1 is 1.06 bits per heavy atom. The lowest BCUT2D eigenvalue weighted by Gasteiger charge is -2.34. The fraction of sp³-hybridized carbons (Fsp3) is 0.429. The summed E-state index contributed by atoms with van der Waals surface area (Å²) >= 11 is 0. The van der Waals surface area contributed by atoms with E-state index >= 15 is 0 Å². The van der Waals surface area contributed by atoms with Crippen LogP contribution < -0.4 is 4.90 Å². The van der Waals surface area contributed by atoms with Crippen molar-refractivity contribution in [1.82, 2.24) is 15.0 Å². The van der Waals surface area contributed by atoms with Crippen molar-refractivity contribution in [3.63, 3.8) is 0 Å². The first-order valence-electron chi connectivity index (χ1n) is 12.3. The maximum Gasteiger partial charge on any atom is 0.254 e. The molecule has 0 spiro atoms. The van der Waals surface area contributed by atoms with Crippen molar-refractivity contribution < 1.29 is 9.32 Å². The fourth-order valence-electron chi connectivity index (χ4n) is 4.53. The summed E-state index contributed by atoms with van der Waals surface area (Å²) in [6.07, 6.45) is 3.50. The third kappa shape index (κ3) is 5.50. The molecule has 6 heteroatoms. The van der Waals surface area contributed by atoms with Crippen LogP contribution in [0.25, 0.3) is 11.3 Å². The molecule has 1 saturated heterocycles. The van der Waals surface area contributed by atoms with Gasteiger partial charge in [-0.25, -0.2) is 0 Å². The van der Waals surface area contributed by atoms with Crippen LogP contribution in [0, 0.1) is 6.92 Å². The van der Waals surface area contributed by atoms with Gasteiger partial charge in [-0.1, -0.05) is 53.2 Å². The number of likely N-dealkylation sites (N-methyl/N-ethyl adjacent to an activating group) is 1. The van der Waals surface area contributed by atoms with E-state index in [1.807, 2.05) is 68.4 Å². The number of hydrogen-bond donors (Lipinski definition) is 0. The summed E-state index contributed by atoms with van der Waals surface area (Å²) in [5.41, 5.74) is 4.66. The number of benzene rings is 2. The molecule has 1 amide bonds. The van der Waals surface area contributed by atoms with Gasteiger partial charge in [0, 0.05) is 36.8 Å². The third-order valence-corrected chi connectivity index (χ3v) is 6.63. The summed E-state index contributed by atoms with van der Waals surface area (Å²) in [6.45, 7) is 7.07. The first kappa shape index (κ1) is 24.0. The number of rotatable bonds is 8. The van der Waals surface area contributed by atoms with Gasteiger partial charge in [-0.15, -0.1) is 0 Å². The van der Waals surface area contributed by atoms with E-state index in [0.29, 0.717) is 24.7 Å². The Bertz CT molecular complexity index is 1080. The van der Waals surface area contributed by atoms with Crippen molar-refractivity contribution in [1.29, 1.82) is 0 Å². The van der Waals surface area contributed by atoms with Crippen LogP contribution in [0.15, 0.2) is 59.1 Å². The summed E-state index contributed by atoms with van der Waals surface area (Å²) < 4.78 is 6.02. The second-order valence-electron chi connectivity index (χ2n) is 9.62. The van der Waals surface area contributed by atoms with Crippen molar-refractivity contribution in [3.05, 3.63) is 71.3 Å². The standard InChI is InChI=1S/C28H36N4O2/c1-21-13-15-24(16-14-21)27(33)31(19-18-30(3)4)20-25-26(23-11-6-5-7-12-23)29-34-28(25)32-17-9-8-10-22(32)2/h5-7,11-16,22H,8-10,17-20H2,1-4H3. The van der Waals surface area contributed by atoms with Crippen LogP contribution in [0.5, 0.6) is 0 Å². The Morgan fingerprint density at radius 2 is 1.79 bits per heavy atom. The quantitative estimate of drug-likeness (QED) is 0.461. The zero-order chi connectivity index (χ0) is 24.1. The van der Waals surface area contributed by atoms with Crippen molar-refractivity contribution in [2.45, 2.75) is 45.7 Å². The lowest BCUT2D eigenvalue weighted by atomic mass is 10.0. The topological polar surface area (TPSA) is 52.8 Å². The van der Waals surface area contributed by atoms with E-state index in [1.165, 1.54) is 6.42 Å². The highest BCUT2D eigenvalue weighted by Crippen LogP contribution is 2.35. The van der Waals surface area contributed by atoms with Crippen molar-refractivity contribution in [3.8, 4) is 11.3 Å². The van der Waals surface area contributed by atoms with E-state index in [2.05, 4.69) is 34.0 Å². The molecule has 0 bridgehead atoms. The minimum atomic E-state index is 0.0275. The van der Waals surface area contributed by atoms with Gasteiger partial charge < -0.3 is 19.2 Å². The number of carbonyl (C=O) groups is 1. The van der Waals surface area contributed by atoms with E-state index in [1.54, 1.807) is 0 Å². The largest absolute Gasteiger partial charge is 0.338 e. The van der Waals surface area contributed by atoms with Crippen LogP contribution >= 0.6 is 0 Å². The van der Waals surface area contributed by atoms with Gasteiger partial charge in [0.05, 0.1) is 12.1 Å². The molecule has 2 aromatic carbocycles. The molecule has 0 saturated carbocycles. The molecule has 2 heterocycles. The molecule has 3 aromatic rings. The average molecular weight is 461 g/mol. The molecule has 1 unspecified atom stereocenters. The summed E-state index contributed by atoms with van der Waals surface area (Å²) in [7, 11) is 4.06. The molecule has 4 rings (SSSR count). The molecular weight excluding hydrogens is 424 g/mol. The summed E-state index contributed by atoms with van der Waals surface area (Å²) in [5.74, 6) is 0.831. The molecule has 6 nitrogen and oxygen atoms in total. The highest BCUT2D eigenvalue weighted by Gasteiger charge is 2.30. The molecule has 1 aliphatic rings. The first-order valence-corrected chi connectivity index (χ1v) is 12.3. The summed E-state index contributed by atoms with van der Waals surface area (Å²) in [4.78, 5) is 20.0. The highest BCUT2D eigenvalue weighted by molar-refractivity contribution is 5.94. The van der Waals surface area contributed by atoms with Gasteiger partial charge in [0.25, 0.3) is 5.91 Å². The molecule has 1 aromatic heterocycles. The SMILES string of the molecule is Cc1ccc(C(=O)N(CCN(C)C)Cc2c(-c3ccccc3)noc2N2CCCCC2C)cc1. The molecule has 1 aliphatic heterocycles. The van der Waals surface area contributed by atoms with Crippen LogP contribution in [0.4, 0.5) is 5.88 Å². The van der Waals surface area contributed by atoms with Crippen LogP contribution in [0.2, 0.25) is 0 Å². The molecule has 0 aliphatic carbocycles. The lowest BCUT2D eigenvalue weighted by molar-refractivity contribution is 0.0732. The smallest absolute Gasteiger partial charge is 0.254 e.